The lowest BCUT2D eigenvalue weighted by Crippen LogP contribution is -2.41. The maximum absolute atomic E-state index is 12.4. The number of carbonyl (C=O) groups is 1. The molecule has 2 aliphatic heterocycles. The Morgan fingerprint density at radius 2 is 2.10 bits per heavy atom. The van der Waals surface area contributed by atoms with Crippen LogP contribution in [0.2, 0.25) is 0 Å². The van der Waals surface area contributed by atoms with E-state index < -0.39 is 10.0 Å². The van der Waals surface area contributed by atoms with E-state index in [2.05, 4.69) is 0 Å². The predicted molar refractivity (Wildman–Crippen MR) is 78.1 cm³/mol. The molecule has 2 saturated heterocycles. The summed E-state index contributed by atoms with van der Waals surface area (Å²) >= 11 is 1.59. The van der Waals surface area contributed by atoms with Crippen LogP contribution in [-0.2, 0) is 21.2 Å². The highest BCUT2D eigenvalue weighted by molar-refractivity contribution is 7.88. The van der Waals surface area contributed by atoms with Gasteiger partial charge < -0.3 is 4.90 Å². The van der Waals surface area contributed by atoms with Gasteiger partial charge in [0.05, 0.1) is 12.7 Å². The molecule has 0 radical (unpaired) electrons. The molecular formula is C13H18N2O3S2. The Kier molecular flexibility index (Phi) is 3.60. The fourth-order valence-corrected chi connectivity index (χ4v) is 5.18. The lowest BCUT2D eigenvalue weighted by Gasteiger charge is -2.24. The first kappa shape index (κ1) is 14.0. The molecule has 0 aliphatic carbocycles. The first-order chi connectivity index (χ1) is 9.47. The number of hydrogen-bond donors (Lipinski definition) is 0. The number of thiophene rings is 1. The quantitative estimate of drug-likeness (QED) is 0.834. The van der Waals surface area contributed by atoms with E-state index in [9.17, 15) is 13.2 Å². The van der Waals surface area contributed by atoms with Crippen molar-refractivity contribution in [3.8, 4) is 0 Å². The Morgan fingerprint density at radius 3 is 2.75 bits per heavy atom. The molecule has 2 aliphatic rings. The van der Waals surface area contributed by atoms with Gasteiger partial charge in [0.25, 0.3) is 0 Å². The maximum atomic E-state index is 12.4. The highest BCUT2D eigenvalue weighted by Gasteiger charge is 2.47. The molecule has 2 atom stereocenters. The number of nitrogens with zero attached hydrogens (tertiary/aromatic N) is 2. The third-order valence-electron chi connectivity index (χ3n) is 4.21. The summed E-state index contributed by atoms with van der Waals surface area (Å²) in [5, 5.41) is 3.96. The fraction of sp³-hybridized carbons (Fsp3) is 0.615. The summed E-state index contributed by atoms with van der Waals surface area (Å²) in [5.74, 6) is 0.117. The SMILES string of the molecule is CS(=O)(=O)N1CC[C@@H]2[C@@H]1CCN2C(=O)Cc1ccsc1. The van der Waals surface area contributed by atoms with Crippen molar-refractivity contribution in [3.05, 3.63) is 22.4 Å². The van der Waals surface area contributed by atoms with Gasteiger partial charge in [-0.1, -0.05) is 0 Å². The predicted octanol–water partition coefficient (Wildman–Crippen LogP) is 0.925. The van der Waals surface area contributed by atoms with E-state index in [1.807, 2.05) is 21.7 Å². The van der Waals surface area contributed by atoms with Crippen molar-refractivity contribution in [2.75, 3.05) is 19.3 Å². The van der Waals surface area contributed by atoms with Gasteiger partial charge in [-0.2, -0.15) is 15.6 Å². The van der Waals surface area contributed by atoms with E-state index in [1.54, 1.807) is 15.6 Å². The molecule has 0 unspecified atom stereocenters. The third-order valence-corrected chi connectivity index (χ3v) is 6.24. The van der Waals surface area contributed by atoms with Crippen molar-refractivity contribution in [2.45, 2.75) is 31.3 Å². The average Bonchev–Trinajstić information content (AvgIpc) is 3.02. The number of sulfonamides is 1. The van der Waals surface area contributed by atoms with Gasteiger partial charge in [0.2, 0.25) is 15.9 Å². The normalized spacial score (nSPS) is 26.9. The zero-order valence-electron chi connectivity index (χ0n) is 11.4. The monoisotopic (exact) mass is 314 g/mol. The summed E-state index contributed by atoms with van der Waals surface area (Å²) in [4.78, 5) is 14.3. The molecule has 1 aromatic rings. The second-order valence-corrected chi connectivity index (χ2v) is 8.20. The molecule has 0 saturated carbocycles. The summed E-state index contributed by atoms with van der Waals surface area (Å²) in [7, 11) is -3.16. The Labute approximate surface area is 123 Å². The molecule has 5 nitrogen and oxygen atoms in total. The van der Waals surface area contributed by atoms with Crippen LogP contribution in [0.5, 0.6) is 0 Å². The maximum Gasteiger partial charge on any atom is 0.227 e. The van der Waals surface area contributed by atoms with Crippen LogP contribution in [0.25, 0.3) is 0 Å². The van der Waals surface area contributed by atoms with Crippen LogP contribution in [0.4, 0.5) is 0 Å². The van der Waals surface area contributed by atoms with Gasteiger partial charge in [-0.25, -0.2) is 8.42 Å². The number of carbonyl (C=O) groups excluding carboxylic acids is 1. The molecular weight excluding hydrogens is 296 g/mol. The highest BCUT2D eigenvalue weighted by atomic mass is 32.2. The first-order valence-electron chi connectivity index (χ1n) is 6.74. The second kappa shape index (κ2) is 5.13. The average molecular weight is 314 g/mol. The summed E-state index contributed by atoms with van der Waals surface area (Å²) in [6.45, 7) is 1.21. The van der Waals surface area contributed by atoms with Crippen molar-refractivity contribution < 1.29 is 13.2 Å². The fourth-order valence-electron chi connectivity index (χ4n) is 3.34. The van der Waals surface area contributed by atoms with Crippen molar-refractivity contribution >= 4 is 27.3 Å². The molecule has 3 rings (SSSR count). The van der Waals surface area contributed by atoms with Crippen LogP contribution in [0.1, 0.15) is 18.4 Å². The lowest BCUT2D eigenvalue weighted by atomic mass is 10.1. The number of fused-ring (bicyclic) bond motifs is 1. The smallest absolute Gasteiger partial charge is 0.227 e. The first-order valence-corrected chi connectivity index (χ1v) is 9.53. The highest BCUT2D eigenvalue weighted by Crippen LogP contribution is 2.33. The van der Waals surface area contributed by atoms with E-state index in [-0.39, 0.29) is 18.0 Å². The molecule has 2 fully saturated rings. The molecule has 3 heterocycles. The van der Waals surface area contributed by atoms with Gasteiger partial charge in [-0.15, -0.1) is 0 Å². The minimum atomic E-state index is -3.16. The Bertz CT molecular complexity index is 597. The van der Waals surface area contributed by atoms with Gasteiger partial charge in [-0.05, 0) is 35.2 Å². The van der Waals surface area contributed by atoms with Gasteiger partial charge >= 0.3 is 0 Å². The van der Waals surface area contributed by atoms with Crippen molar-refractivity contribution in [2.24, 2.45) is 0 Å². The Hall–Kier alpha value is -0.920. The van der Waals surface area contributed by atoms with E-state index >= 15 is 0 Å². The third kappa shape index (κ3) is 2.49. The molecule has 1 aromatic heterocycles. The largest absolute Gasteiger partial charge is 0.338 e. The molecule has 0 spiro atoms. The van der Waals surface area contributed by atoms with Crippen LogP contribution in [0.3, 0.4) is 0 Å². The van der Waals surface area contributed by atoms with E-state index in [1.165, 1.54) is 6.26 Å². The molecule has 1 amide bonds. The van der Waals surface area contributed by atoms with Gasteiger partial charge in [0.15, 0.2) is 0 Å². The second-order valence-electron chi connectivity index (χ2n) is 5.48. The number of rotatable bonds is 3. The minimum Gasteiger partial charge on any atom is -0.338 e. The van der Waals surface area contributed by atoms with Crippen LogP contribution >= 0.6 is 11.3 Å². The Balaban J connectivity index is 1.71. The van der Waals surface area contributed by atoms with Crippen molar-refractivity contribution in [1.29, 1.82) is 0 Å². The molecule has 20 heavy (non-hydrogen) atoms. The lowest BCUT2D eigenvalue weighted by molar-refractivity contribution is -0.131. The number of amides is 1. The van der Waals surface area contributed by atoms with Gasteiger partial charge in [0.1, 0.15) is 0 Å². The van der Waals surface area contributed by atoms with Crippen LogP contribution < -0.4 is 0 Å². The molecule has 110 valence electrons. The number of hydrogen-bond acceptors (Lipinski definition) is 4. The van der Waals surface area contributed by atoms with Crippen LogP contribution in [0.15, 0.2) is 16.8 Å². The zero-order chi connectivity index (χ0) is 14.3. The van der Waals surface area contributed by atoms with Crippen molar-refractivity contribution in [3.63, 3.8) is 0 Å². The van der Waals surface area contributed by atoms with E-state index in [0.717, 1.165) is 18.4 Å². The van der Waals surface area contributed by atoms with Gasteiger partial charge in [-0.3, -0.25) is 4.79 Å². The topological polar surface area (TPSA) is 57.7 Å². The summed E-state index contributed by atoms with van der Waals surface area (Å²) < 4.78 is 25.0. The van der Waals surface area contributed by atoms with E-state index in [0.29, 0.717) is 19.5 Å². The molecule has 0 N–H and O–H groups in total. The standard InChI is InChI=1S/C13H18N2O3S2/c1-20(17,18)15-6-3-11-12(15)2-5-14(11)13(16)8-10-4-7-19-9-10/h4,7,9,11-12H,2-3,5-6,8H2,1H3/t11-,12+/m1/s1. The molecule has 7 heteroatoms. The van der Waals surface area contributed by atoms with Crippen LogP contribution in [0, 0.1) is 0 Å². The number of likely N-dealkylation sites (tertiary alicyclic amines) is 1. The van der Waals surface area contributed by atoms with Crippen molar-refractivity contribution in [1.82, 2.24) is 9.21 Å². The summed E-state index contributed by atoms with van der Waals surface area (Å²) in [6, 6.07) is 2.01. The van der Waals surface area contributed by atoms with Gasteiger partial charge in [0, 0.05) is 25.2 Å². The zero-order valence-corrected chi connectivity index (χ0v) is 13.0. The summed E-state index contributed by atoms with van der Waals surface area (Å²) in [5.41, 5.74) is 1.04. The van der Waals surface area contributed by atoms with Crippen LogP contribution in [-0.4, -0.2) is 55.0 Å². The Morgan fingerprint density at radius 1 is 1.35 bits per heavy atom. The minimum absolute atomic E-state index is 0.0172. The van der Waals surface area contributed by atoms with E-state index in [4.69, 9.17) is 0 Å². The molecule has 0 aromatic carbocycles. The molecule has 0 bridgehead atoms. The summed E-state index contributed by atoms with van der Waals surface area (Å²) in [6.07, 6.45) is 3.19.